The van der Waals surface area contributed by atoms with Crippen molar-refractivity contribution in [2.24, 2.45) is 0 Å². The Hall–Kier alpha value is -1.07. The van der Waals surface area contributed by atoms with Gasteiger partial charge in [0.2, 0.25) is 0 Å². The van der Waals surface area contributed by atoms with E-state index in [1.807, 2.05) is 12.2 Å². The first kappa shape index (κ1) is 7.93. The highest BCUT2D eigenvalue weighted by Gasteiger charge is 1.73. The molecular formula is C8H10O. The zero-order valence-corrected chi connectivity index (χ0v) is 5.34. The van der Waals surface area contributed by atoms with Gasteiger partial charge in [0, 0.05) is 6.42 Å². The highest BCUT2D eigenvalue weighted by atomic mass is 16.1. The molecule has 9 heavy (non-hydrogen) atoms. The molecular weight excluding hydrogens is 112 g/mol. The van der Waals surface area contributed by atoms with Gasteiger partial charge >= 0.3 is 0 Å². The number of hydrogen-bond donors (Lipinski definition) is 0. The fourth-order valence-corrected chi connectivity index (χ4v) is 0.397. The van der Waals surface area contributed by atoms with Crippen molar-refractivity contribution in [3.8, 4) is 0 Å². The molecule has 0 aromatic heterocycles. The minimum absolute atomic E-state index is 0.599. The number of rotatable bonds is 4. The van der Waals surface area contributed by atoms with Crippen molar-refractivity contribution >= 4 is 6.29 Å². The van der Waals surface area contributed by atoms with Gasteiger partial charge in [-0.05, 0) is 12.5 Å². The van der Waals surface area contributed by atoms with Crippen LogP contribution in [0.1, 0.15) is 12.8 Å². The van der Waals surface area contributed by atoms with Gasteiger partial charge in [-0.25, -0.2) is 0 Å². The average Bonchev–Trinajstić information content (AvgIpc) is 1.89. The summed E-state index contributed by atoms with van der Waals surface area (Å²) in [7, 11) is 0. The number of unbranched alkanes of at least 4 members (excludes halogenated alkanes) is 1. The molecule has 0 rings (SSSR count). The van der Waals surface area contributed by atoms with Crippen molar-refractivity contribution in [2.45, 2.75) is 12.8 Å². The molecule has 0 atom stereocenters. The summed E-state index contributed by atoms with van der Waals surface area (Å²) in [6, 6.07) is 0. The first-order chi connectivity index (χ1) is 4.41. The Morgan fingerprint density at radius 1 is 1.44 bits per heavy atom. The normalized spacial score (nSPS) is 8.89. The maximum atomic E-state index is 9.77. The molecule has 0 amide bonds. The van der Waals surface area contributed by atoms with E-state index in [0.29, 0.717) is 6.42 Å². The molecule has 0 fully saturated rings. The zero-order chi connectivity index (χ0) is 6.95. The summed E-state index contributed by atoms with van der Waals surface area (Å²) in [5, 5.41) is 0. The largest absolute Gasteiger partial charge is 0.303 e. The summed E-state index contributed by atoms with van der Waals surface area (Å²) in [6.07, 6.45) is 7.76. The van der Waals surface area contributed by atoms with E-state index < -0.39 is 0 Å². The van der Waals surface area contributed by atoms with Gasteiger partial charge in [0.15, 0.2) is 0 Å². The second-order valence-corrected chi connectivity index (χ2v) is 1.54. The van der Waals surface area contributed by atoms with Crippen molar-refractivity contribution in [3.63, 3.8) is 0 Å². The fraction of sp³-hybridized carbons (Fsp3) is 0.250. The summed E-state index contributed by atoms with van der Waals surface area (Å²) >= 11 is 0. The summed E-state index contributed by atoms with van der Waals surface area (Å²) in [4.78, 5) is 9.77. The number of aldehydes is 1. The minimum atomic E-state index is 0.599. The van der Waals surface area contributed by atoms with Crippen LogP contribution in [0.25, 0.3) is 0 Å². The third kappa shape index (κ3) is 6.93. The van der Waals surface area contributed by atoms with Crippen molar-refractivity contribution in [2.75, 3.05) is 0 Å². The fourth-order valence-electron chi connectivity index (χ4n) is 0.397. The van der Waals surface area contributed by atoms with E-state index in [2.05, 4.69) is 12.3 Å². The lowest BCUT2D eigenvalue weighted by Crippen LogP contribution is -1.68. The summed E-state index contributed by atoms with van der Waals surface area (Å²) in [6.45, 7) is 3.38. The molecule has 0 aliphatic rings. The zero-order valence-electron chi connectivity index (χ0n) is 5.34. The Labute approximate surface area is 55.4 Å². The van der Waals surface area contributed by atoms with E-state index in [4.69, 9.17) is 0 Å². The smallest absolute Gasteiger partial charge is 0.120 e. The second-order valence-electron chi connectivity index (χ2n) is 1.54. The third-order valence-electron chi connectivity index (χ3n) is 0.801. The van der Waals surface area contributed by atoms with E-state index in [1.54, 1.807) is 6.08 Å². The topological polar surface area (TPSA) is 17.1 Å². The predicted octanol–water partition coefficient (Wildman–Crippen LogP) is 1.86. The van der Waals surface area contributed by atoms with Crippen LogP contribution in [-0.4, -0.2) is 6.29 Å². The molecule has 0 aromatic rings. The Morgan fingerprint density at radius 2 is 2.22 bits per heavy atom. The van der Waals surface area contributed by atoms with Crippen molar-refractivity contribution in [3.05, 3.63) is 30.5 Å². The molecule has 0 aliphatic carbocycles. The van der Waals surface area contributed by atoms with E-state index >= 15 is 0 Å². The lowest BCUT2D eigenvalue weighted by molar-refractivity contribution is -0.107. The summed E-state index contributed by atoms with van der Waals surface area (Å²) < 4.78 is 0. The van der Waals surface area contributed by atoms with E-state index in [1.165, 1.54) is 0 Å². The van der Waals surface area contributed by atoms with Crippen molar-refractivity contribution in [1.29, 1.82) is 0 Å². The van der Waals surface area contributed by atoms with Crippen LogP contribution in [0.4, 0.5) is 0 Å². The number of allylic oxidation sites excluding steroid dienone is 3. The summed E-state index contributed by atoms with van der Waals surface area (Å²) in [5.41, 5.74) is 2.59. The van der Waals surface area contributed by atoms with Crippen LogP contribution >= 0.6 is 0 Å². The van der Waals surface area contributed by atoms with Crippen molar-refractivity contribution < 1.29 is 4.79 Å². The van der Waals surface area contributed by atoms with Gasteiger partial charge in [-0.2, -0.15) is 0 Å². The second kappa shape index (κ2) is 6.93. The van der Waals surface area contributed by atoms with E-state index in [-0.39, 0.29) is 0 Å². The lowest BCUT2D eigenvalue weighted by Gasteiger charge is -1.77. The van der Waals surface area contributed by atoms with Crippen molar-refractivity contribution in [1.82, 2.24) is 0 Å². The lowest BCUT2D eigenvalue weighted by atomic mass is 10.3. The predicted molar refractivity (Wildman–Crippen MR) is 38.1 cm³/mol. The Morgan fingerprint density at radius 3 is 2.78 bits per heavy atom. The Kier molecular flexibility index (Phi) is 6.11. The molecule has 0 radical (unpaired) electrons. The highest BCUT2D eigenvalue weighted by Crippen LogP contribution is 1.85. The summed E-state index contributed by atoms with van der Waals surface area (Å²) in [5.74, 6) is 0. The molecule has 48 valence electrons. The van der Waals surface area contributed by atoms with Gasteiger partial charge < -0.3 is 4.79 Å². The average molecular weight is 122 g/mol. The highest BCUT2D eigenvalue weighted by molar-refractivity contribution is 5.49. The maximum Gasteiger partial charge on any atom is 0.120 e. The molecule has 0 aliphatic heterocycles. The monoisotopic (exact) mass is 122 g/mol. The first-order valence-electron chi connectivity index (χ1n) is 2.86. The van der Waals surface area contributed by atoms with Crippen LogP contribution in [0.15, 0.2) is 30.5 Å². The first-order valence-corrected chi connectivity index (χ1v) is 2.86. The maximum absolute atomic E-state index is 9.77. The number of hydrogen-bond acceptors (Lipinski definition) is 1. The third-order valence-corrected chi connectivity index (χ3v) is 0.801. The van der Waals surface area contributed by atoms with E-state index in [9.17, 15) is 4.79 Å². The van der Waals surface area contributed by atoms with Gasteiger partial charge in [-0.15, -0.1) is 5.73 Å². The molecule has 0 N–H and O–H groups in total. The molecule has 0 unspecified atom stereocenters. The Balaban J connectivity index is 3.24. The van der Waals surface area contributed by atoms with Crippen LogP contribution in [0.3, 0.4) is 0 Å². The van der Waals surface area contributed by atoms with Gasteiger partial charge in [0.1, 0.15) is 6.29 Å². The van der Waals surface area contributed by atoms with Crippen LogP contribution in [0.5, 0.6) is 0 Å². The molecule has 1 nitrogen and oxygen atoms in total. The Bertz CT molecular complexity index is 139. The molecule has 0 saturated carbocycles. The molecule has 0 spiro atoms. The molecule has 0 bridgehead atoms. The molecule has 1 heteroatoms. The van der Waals surface area contributed by atoms with Gasteiger partial charge in [0.05, 0.1) is 0 Å². The van der Waals surface area contributed by atoms with Gasteiger partial charge in [-0.1, -0.05) is 18.7 Å². The van der Waals surface area contributed by atoms with Crippen LogP contribution < -0.4 is 0 Å². The van der Waals surface area contributed by atoms with Gasteiger partial charge in [0.25, 0.3) is 0 Å². The molecule has 0 heterocycles. The van der Waals surface area contributed by atoms with Crippen LogP contribution in [-0.2, 0) is 4.79 Å². The SMILES string of the molecule is C=C=C/C=C/CCC=O. The number of carbonyl (C=O) groups is 1. The van der Waals surface area contributed by atoms with Gasteiger partial charge in [-0.3, -0.25) is 0 Å². The van der Waals surface area contributed by atoms with Crippen LogP contribution in [0.2, 0.25) is 0 Å². The quantitative estimate of drug-likeness (QED) is 0.241. The number of carbonyl (C=O) groups excluding carboxylic acids is 1. The molecule has 0 aromatic carbocycles. The molecule has 0 saturated heterocycles. The standard InChI is InChI=1S/C8H10O/c1-2-3-4-5-6-7-8-9/h3-5,8H,1,6-7H2/b5-4+. The minimum Gasteiger partial charge on any atom is -0.303 e. The van der Waals surface area contributed by atoms with Crippen LogP contribution in [0, 0.1) is 0 Å². The van der Waals surface area contributed by atoms with E-state index in [0.717, 1.165) is 12.7 Å².